The van der Waals surface area contributed by atoms with Crippen LogP contribution in [-0.4, -0.2) is 48.8 Å². The van der Waals surface area contributed by atoms with Crippen LogP contribution >= 0.6 is 22.7 Å². The Morgan fingerprint density at radius 1 is 0.519 bits per heavy atom. The van der Waals surface area contributed by atoms with Gasteiger partial charge in [-0.2, -0.15) is 0 Å². The van der Waals surface area contributed by atoms with Crippen LogP contribution in [0.1, 0.15) is 68.6 Å². The highest BCUT2D eigenvalue weighted by molar-refractivity contribution is 7.22. The standard InChI is InChI=1S/C33H33FN2OSSi.C26H30N2SSi.C7H5FO2/c1-33(2,3)23-18-27(21-11-14-25(15-12-21)39(4,5)6)31-30(19-23)38-32(36-31)26-9-7-8-10-28(26)35-20-22-17-24(34)13-16-29(22)37;1-26(2,3)18-15-21(17-11-13-19(14-12-17)30(4,5)6)24-23(16-18)29-25(28-24)20-9-7-8-10-22(20)27;8-6-1-2-7(10)5(3-6)4-9/h7-20,37H,1-6H3;7-16H,27H2,1-6H3;1-4,10H. The first-order chi connectivity index (χ1) is 37.2. The van der Waals surface area contributed by atoms with Gasteiger partial charge in [-0.25, -0.2) is 18.7 Å². The van der Waals surface area contributed by atoms with Crippen LogP contribution < -0.4 is 16.1 Å². The van der Waals surface area contributed by atoms with Gasteiger partial charge in [-0.1, -0.05) is 164 Å². The number of fused-ring (bicyclic) bond motifs is 2. The number of carbonyl (C=O) groups excluding carboxylic acids is 1. The summed E-state index contributed by atoms with van der Waals surface area (Å²) in [6, 6.07) is 50.1. The number of rotatable bonds is 9. The number of aromatic nitrogens is 2. The van der Waals surface area contributed by atoms with Crippen molar-refractivity contribution in [2.24, 2.45) is 4.99 Å². The van der Waals surface area contributed by atoms with E-state index in [9.17, 15) is 18.7 Å². The number of phenolic OH excluding ortho intramolecular Hbond substituents is 2. The number of hydrogen-bond donors (Lipinski definition) is 3. The van der Waals surface area contributed by atoms with Crippen LogP contribution in [0.5, 0.6) is 11.5 Å². The molecule has 7 nitrogen and oxygen atoms in total. The SMILES string of the molecule is CC(C)(C)c1cc(-c2ccc([Si](C)(C)C)cc2)c2nc(-c3ccccc3N)sc2c1.CC(C)(C)c1cc(-c2ccc([Si](C)(C)C)cc2)c2nc(-c3ccccc3N=Cc3cc(F)ccc3O)sc2c1.O=Cc1cc(F)ccc1O. The number of nitrogen functional groups attached to an aromatic ring is 1. The molecule has 0 unspecified atom stereocenters. The topological polar surface area (TPSA) is 122 Å². The zero-order valence-electron chi connectivity index (χ0n) is 47.0. The Kier molecular flexibility index (Phi) is 16.9. The molecule has 0 aliphatic carbocycles. The van der Waals surface area contributed by atoms with Gasteiger partial charge in [0.15, 0.2) is 6.29 Å². The van der Waals surface area contributed by atoms with E-state index in [1.165, 1.54) is 61.7 Å². The van der Waals surface area contributed by atoms with Gasteiger partial charge in [-0.05, 0) is 118 Å². The zero-order valence-corrected chi connectivity index (χ0v) is 50.6. The number of anilines is 1. The van der Waals surface area contributed by atoms with E-state index in [1.54, 1.807) is 22.7 Å². The Labute approximate surface area is 473 Å². The number of aromatic hydroxyl groups is 2. The number of hydrogen-bond acceptors (Lipinski definition) is 9. The van der Waals surface area contributed by atoms with Crippen LogP contribution in [-0.2, 0) is 10.8 Å². The molecular formula is C66H68F2N4O3S2Si2. The second-order valence-corrected chi connectivity index (χ2v) is 36.0. The molecule has 10 aromatic rings. The Bertz CT molecular complexity index is 3860. The van der Waals surface area contributed by atoms with Gasteiger partial charge in [0.2, 0.25) is 0 Å². The van der Waals surface area contributed by atoms with E-state index in [2.05, 4.69) is 165 Å². The lowest BCUT2D eigenvalue weighted by Gasteiger charge is -2.21. The molecule has 0 amide bonds. The van der Waals surface area contributed by atoms with Gasteiger partial charge >= 0.3 is 0 Å². The highest BCUT2D eigenvalue weighted by Gasteiger charge is 2.24. The molecule has 8 aromatic carbocycles. The summed E-state index contributed by atoms with van der Waals surface area (Å²) in [5.41, 5.74) is 19.3. The van der Waals surface area contributed by atoms with Crippen molar-refractivity contribution in [2.75, 3.05) is 5.73 Å². The summed E-state index contributed by atoms with van der Waals surface area (Å²) in [7, 11) is -2.73. The maximum absolute atomic E-state index is 13.7. The number of carbonyl (C=O) groups is 1. The molecular weight excluding hydrogens is 1060 g/mol. The fourth-order valence-electron chi connectivity index (χ4n) is 8.74. The largest absolute Gasteiger partial charge is 0.507 e. The number of phenols is 2. The van der Waals surface area contributed by atoms with Crippen molar-refractivity contribution in [2.45, 2.75) is 91.7 Å². The number of para-hydroxylation sites is 2. The van der Waals surface area contributed by atoms with Crippen molar-refractivity contribution in [3.05, 3.63) is 192 Å². The lowest BCUT2D eigenvalue weighted by molar-refractivity contribution is 0.112. The van der Waals surface area contributed by atoms with Gasteiger partial charge in [0.1, 0.15) is 33.1 Å². The Morgan fingerprint density at radius 2 is 0.937 bits per heavy atom. The van der Waals surface area contributed by atoms with E-state index in [0.717, 1.165) is 71.9 Å². The Balaban J connectivity index is 0.000000181. The highest BCUT2D eigenvalue weighted by atomic mass is 32.1. The monoisotopic (exact) mass is 1120 g/mol. The van der Waals surface area contributed by atoms with Crippen LogP contribution in [0.3, 0.4) is 0 Å². The maximum Gasteiger partial charge on any atom is 0.153 e. The number of thiazole rings is 2. The average Bonchev–Trinajstić information content (AvgIpc) is 4.22. The molecule has 0 saturated carbocycles. The minimum atomic E-state index is -1.40. The predicted molar refractivity (Wildman–Crippen MR) is 338 cm³/mol. The molecule has 0 fully saturated rings. The van der Waals surface area contributed by atoms with Crippen LogP contribution in [0.2, 0.25) is 39.3 Å². The molecule has 404 valence electrons. The van der Waals surface area contributed by atoms with Gasteiger partial charge in [-0.3, -0.25) is 9.79 Å². The van der Waals surface area contributed by atoms with Gasteiger partial charge in [0.25, 0.3) is 0 Å². The molecule has 2 heterocycles. The summed E-state index contributed by atoms with van der Waals surface area (Å²) < 4.78 is 28.3. The predicted octanol–water partition coefficient (Wildman–Crippen LogP) is 17.5. The third kappa shape index (κ3) is 13.7. The smallest absolute Gasteiger partial charge is 0.153 e. The average molecular weight is 1120 g/mol. The number of benzene rings is 8. The summed E-state index contributed by atoms with van der Waals surface area (Å²) in [6.45, 7) is 27.8. The van der Waals surface area contributed by atoms with Gasteiger partial charge < -0.3 is 15.9 Å². The number of halogens is 2. The second kappa shape index (κ2) is 23.1. The summed E-state index contributed by atoms with van der Waals surface area (Å²) in [5, 5.41) is 23.7. The molecule has 0 radical (unpaired) electrons. The molecule has 13 heteroatoms. The van der Waals surface area contributed by atoms with Crippen LogP contribution in [0.15, 0.2) is 163 Å². The van der Waals surface area contributed by atoms with E-state index in [0.29, 0.717) is 17.5 Å². The molecule has 0 aliphatic heterocycles. The van der Waals surface area contributed by atoms with Crippen LogP contribution in [0, 0.1) is 11.6 Å². The van der Waals surface area contributed by atoms with Crippen molar-refractivity contribution >= 4 is 93.5 Å². The number of aldehydes is 1. The first-order valence-electron chi connectivity index (χ1n) is 26.2. The summed E-state index contributed by atoms with van der Waals surface area (Å²) >= 11 is 3.38. The molecule has 4 N–H and O–H groups in total. The minimum Gasteiger partial charge on any atom is -0.507 e. The highest BCUT2D eigenvalue weighted by Crippen LogP contribution is 2.43. The minimum absolute atomic E-state index is 0.0134. The fourth-order valence-corrected chi connectivity index (χ4v) is 13.2. The normalized spacial score (nSPS) is 12.1. The first kappa shape index (κ1) is 57.7. The van der Waals surface area contributed by atoms with Crippen molar-refractivity contribution in [3.8, 4) is 54.9 Å². The molecule has 0 saturated heterocycles. The zero-order chi connectivity index (χ0) is 57.2. The molecule has 0 spiro atoms. The summed E-state index contributed by atoms with van der Waals surface area (Å²) in [5.74, 6) is -1.16. The van der Waals surface area contributed by atoms with Crippen LogP contribution in [0.4, 0.5) is 20.2 Å². The Hall–Kier alpha value is -7.43. The van der Waals surface area contributed by atoms with E-state index in [1.807, 2.05) is 42.5 Å². The summed E-state index contributed by atoms with van der Waals surface area (Å²) in [6.07, 6.45) is 1.90. The van der Waals surface area contributed by atoms with Crippen molar-refractivity contribution < 1.29 is 23.8 Å². The first-order valence-corrected chi connectivity index (χ1v) is 34.8. The molecule has 2 aromatic heterocycles. The maximum atomic E-state index is 13.7. The molecule has 0 atom stereocenters. The van der Waals surface area contributed by atoms with Crippen molar-refractivity contribution in [1.82, 2.24) is 9.97 Å². The van der Waals surface area contributed by atoms with Crippen molar-refractivity contribution in [3.63, 3.8) is 0 Å². The van der Waals surface area contributed by atoms with E-state index in [-0.39, 0.29) is 27.9 Å². The molecule has 79 heavy (non-hydrogen) atoms. The second-order valence-electron chi connectivity index (χ2n) is 23.8. The third-order valence-electron chi connectivity index (χ3n) is 13.6. The van der Waals surface area contributed by atoms with Crippen molar-refractivity contribution in [1.29, 1.82) is 0 Å². The van der Waals surface area contributed by atoms with E-state index < -0.39 is 27.8 Å². The lowest BCUT2D eigenvalue weighted by atomic mass is 9.85. The van der Waals surface area contributed by atoms with E-state index >= 15 is 0 Å². The lowest BCUT2D eigenvalue weighted by Crippen LogP contribution is -2.37. The fraction of sp³-hybridized carbons (Fsp3) is 0.212. The Morgan fingerprint density at radius 3 is 1.37 bits per heavy atom. The molecule has 10 rings (SSSR count). The van der Waals surface area contributed by atoms with Crippen LogP contribution in [0.25, 0.3) is 63.8 Å². The molecule has 0 bridgehead atoms. The van der Waals surface area contributed by atoms with Gasteiger partial charge in [0.05, 0.1) is 47.8 Å². The van der Waals surface area contributed by atoms with Gasteiger partial charge in [0, 0.05) is 39.7 Å². The van der Waals surface area contributed by atoms with E-state index in [4.69, 9.17) is 20.8 Å². The number of nitrogens with zero attached hydrogens (tertiary/aromatic N) is 3. The molecule has 0 aliphatic rings. The summed E-state index contributed by atoms with van der Waals surface area (Å²) in [4.78, 5) is 24.9. The number of aliphatic imine (C=N–C) groups is 1. The quantitative estimate of drug-likeness (QED) is 0.0573. The van der Waals surface area contributed by atoms with Gasteiger partial charge in [-0.15, -0.1) is 22.7 Å². The number of nitrogens with two attached hydrogens (primary N) is 1. The third-order valence-corrected chi connectivity index (χ3v) is 19.8.